The van der Waals surface area contributed by atoms with E-state index in [1.165, 1.54) is 0 Å². The summed E-state index contributed by atoms with van der Waals surface area (Å²) in [6.07, 6.45) is 0. The fourth-order valence-electron chi connectivity index (χ4n) is 6.64. The Labute approximate surface area is 314 Å². The van der Waals surface area contributed by atoms with E-state index in [0.29, 0.717) is 11.1 Å². The number of rotatable bonds is 4. The van der Waals surface area contributed by atoms with Gasteiger partial charge in [0.15, 0.2) is 5.82 Å². The number of nitrogens with zero attached hydrogens (tertiary/aromatic N) is 5. The molecule has 238 valence electrons. The number of para-hydroxylation sites is 5. The van der Waals surface area contributed by atoms with Crippen LogP contribution in [0.1, 0.15) is 21.9 Å². The van der Waals surface area contributed by atoms with Gasteiger partial charge in [-0.1, -0.05) is 121 Å². The fourth-order valence-corrected chi connectivity index (χ4v) is 6.64. The molecule has 0 amide bonds. The zero-order chi connectivity index (χ0) is 47.4. The zero-order valence-corrected chi connectivity index (χ0v) is 26.0. The summed E-state index contributed by atoms with van der Waals surface area (Å²) in [5, 5.41) is 0.847. The highest BCUT2D eigenvalue weighted by atomic mass is 16.3. The van der Waals surface area contributed by atoms with E-state index in [0.717, 1.165) is 36.6 Å². The van der Waals surface area contributed by atoms with Gasteiger partial charge in [-0.3, -0.25) is 9.13 Å². The van der Waals surface area contributed by atoms with Crippen LogP contribution in [0.5, 0.6) is 0 Å². The first-order valence-electron chi connectivity index (χ1n) is 23.7. The lowest BCUT2D eigenvalue weighted by atomic mass is 10.0. The van der Waals surface area contributed by atoms with Gasteiger partial charge >= 0.3 is 0 Å². The van der Waals surface area contributed by atoms with Gasteiger partial charge in [0, 0.05) is 37.9 Å². The minimum Gasteiger partial charge on any atom is -0.456 e. The second-order valence-corrected chi connectivity index (χ2v) is 11.7. The van der Waals surface area contributed by atoms with Crippen molar-refractivity contribution in [3.63, 3.8) is 0 Å². The van der Waals surface area contributed by atoms with Crippen LogP contribution in [0.2, 0.25) is 0 Å². The summed E-state index contributed by atoms with van der Waals surface area (Å²) < 4.78 is 149. The van der Waals surface area contributed by atoms with E-state index in [4.69, 9.17) is 41.3 Å². The molecule has 0 unspecified atom stereocenters. The lowest BCUT2D eigenvalue weighted by Gasteiger charge is -2.13. The molecule has 7 aromatic carbocycles. The topological polar surface area (TPSA) is 61.7 Å². The van der Waals surface area contributed by atoms with E-state index in [9.17, 15) is 0 Å². The number of benzene rings is 7. The fraction of sp³-hybridized carbons (Fsp3) is 0. The van der Waals surface area contributed by atoms with Gasteiger partial charge in [-0.15, -0.1) is 0 Å². The van der Waals surface area contributed by atoms with Gasteiger partial charge in [-0.25, -0.2) is 0 Å². The van der Waals surface area contributed by atoms with Crippen LogP contribution in [0.3, 0.4) is 0 Å². The molecule has 6 nitrogen and oxygen atoms in total. The van der Waals surface area contributed by atoms with Crippen LogP contribution >= 0.6 is 0 Å². The van der Waals surface area contributed by atoms with E-state index in [-0.39, 0.29) is 49.4 Å². The molecule has 0 atom stereocenters. The number of aromatic nitrogens is 5. The Hall–Kier alpha value is -7.05. The highest BCUT2D eigenvalue weighted by molar-refractivity contribution is 6.10. The Balaban J connectivity index is 1.26. The highest BCUT2D eigenvalue weighted by Crippen LogP contribution is 2.36. The van der Waals surface area contributed by atoms with Crippen molar-refractivity contribution >= 4 is 65.6 Å². The van der Waals surface area contributed by atoms with Gasteiger partial charge in [0.05, 0.1) is 44.0 Å². The maximum Gasteiger partial charge on any atom is 0.240 e. The quantitative estimate of drug-likeness (QED) is 0.187. The van der Waals surface area contributed by atoms with Crippen molar-refractivity contribution in [2.45, 2.75) is 0 Å². The molecule has 0 spiro atoms. The standard InChI is InChI=1S/C45H27N5O/c1-6-16-37-31(11-1)32-12-2-7-17-38(32)49(37)44-46-43(47-45(48-44)50-39-18-8-3-13-33(39)34-14-4-9-19-40(34)50)29-23-21-28(22-24-29)30-25-26-36-35-15-5-10-20-41(35)51-42(36)27-30/h1-27H/i1D,2D,3D,4D,6D,7D,8D,9D,11D,12D,13D,14D,16D,17D,18D,19D. The van der Waals surface area contributed by atoms with Gasteiger partial charge in [-0.05, 0) is 53.5 Å². The first-order valence-corrected chi connectivity index (χ1v) is 15.7. The SMILES string of the molecule is [2H]c1c([2H])c([2H])c2c(c1[2H])c1c([2H])c([2H])c([2H])c([2H])c1n2-c1nc(-c2ccc(-c3ccc4c(c3)oc3ccccc34)cc2)nc(-n2c3c([2H])c([2H])c([2H])c([2H])c3c3c([2H])c([2H])c([2H])c([2H])c32)n1. The van der Waals surface area contributed by atoms with Gasteiger partial charge in [0.2, 0.25) is 11.9 Å². The predicted molar refractivity (Wildman–Crippen MR) is 207 cm³/mol. The Bertz CT molecular complexity index is 3730. The molecular formula is C45H27N5O. The molecule has 51 heavy (non-hydrogen) atoms. The lowest BCUT2D eigenvalue weighted by Crippen LogP contribution is -2.10. The van der Waals surface area contributed by atoms with Crippen molar-refractivity contribution in [1.29, 1.82) is 0 Å². The number of hydrogen-bond acceptors (Lipinski definition) is 4. The highest BCUT2D eigenvalue weighted by Gasteiger charge is 2.20. The molecule has 0 saturated heterocycles. The third-order valence-electron chi connectivity index (χ3n) is 8.93. The van der Waals surface area contributed by atoms with E-state index >= 15 is 0 Å². The Morgan fingerprint density at radius 1 is 0.412 bits per heavy atom. The van der Waals surface area contributed by atoms with Crippen molar-refractivity contribution in [2.75, 3.05) is 0 Å². The third-order valence-corrected chi connectivity index (χ3v) is 8.93. The van der Waals surface area contributed by atoms with Gasteiger partial charge in [0.25, 0.3) is 0 Å². The molecule has 0 aliphatic heterocycles. The van der Waals surface area contributed by atoms with Crippen LogP contribution in [0.15, 0.2) is 168 Å². The summed E-state index contributed by atoms with van der Waals surface area (Å²) in [6.45, 7) is 0. The zero-order valence-electron chi connectivity index (χ0n) is 42.0. The minimum atomic E-state index is -0.697. The van der Waals surface area contributed by atoms with Gasteiger partial charge < -0.3 is 4.42 Å². The smallest absolute Gasteiger partial charge is 0.240 e. The number of fused-ring (bicyclic) bond motifs is 9. The maximum absolute atomic E-state index is 9.12. The molecule has 0 N–H and O–H groups in total. The molecule has 0 radical (unpaired) electrons. The van der Waals surface area contributed by atoms with Gasteiger partial charge in [-0.2, -0.15) is 15.0 Å². The van der Waals surface area contributed by atoms with Crippen molar-refractivity contribution in [2.24, 2.45) is 0 Å². The van der Waals surface area contributed by atoms with Crippen molar-refractivity contribution < 1.29 is 26.3 Å². The molecule has 0 aliphatic rings. The molecule has 0 bridgehead atoms. The van der Waals surface area contributed by atoms with E-state index in [1.54, 1.807) is 24.3 Å². The monoisotopic (exact) mass is 669 g/mol. The Kier molecular flexibility index (Phi) is 3.48. The first kappa shape index (κ1) is 16.6. The molecule has 0 aliphatic carbocycles. The summed E-state index contributed by atoms with van der Waals surface area (Å²) >= 11 is 0. The Morgan fingerprint density at radius 2 is 0.863 bits per heavy atom. The lowest BCUT2D eigenvalue weighted by molar-refractivity contribution is 0.669. The minimum absolute atomic E-state index is 0.146. The number of hydrogen-bond donors (Lipinski definition) is 0. The second kappa shape index (κ2) is 10.7. The molecule has 11 aromatic rings. The maximum atomic E-state index is 9.12. The average Bonchev–Trinajstić information content (AvgIpc) is 4.02. The molecule has 6 heteroatoms. The summed E-state index contributed by atoms with van der Waals surface area (Å²) in [4.78, 5) is 14.3. The molecule has 0 saturated carbocycles. The van der Waals surface area contributed by atoms with Crippen molar-refractivity contribution in [3.05, 3.63) is 163 Å². The third kappa shape index (κ3) is 4.20. The van der Waals surface area contributed by atoms with Crippen LogP contribution in [0.4, 0.5) is 0 Å². The van der Waals surface area contributed by atoms with Crippen molar-refractivity contribution in [3.8, 4) is 34.4 Å². The van der Waals surface area contributed by atoms with Crippen LogP contribution in [0, 0.1) is 0 Å². The van der Waals surface area contributed by atoms with Crippen molar-refractivity contribution in [1.82, 2.24) is 24.1 Å². The van der Waals surface area contributed by atoms with Crippen LogP contribution in [0.25, 0.3) is 100.0 Å². The molecule has 4 heterocycles. The molecular weight excluding hydrogens is 627 g/mol. The summed E-state index contributed by atoms with van der Waals surface area (Å²) in [6, 6.07) is 9.92. The van der Waals surface area contributed by atoms with Gasteiger partial charge in [0.1, 0.15) is 11.2 Å². The molecule has 11 rings (SSSR count). The normalized spacial score (nSPS) is 16.3. The van der Waals surface area contributed by atoms with Crippen LogP contribution < -0.4 is 0 Å². The van der Waals surface area contributed by atoms with E-state index in [1.807, 2.05) is 42.5 Å². The average molecular weight is 670 g/mol. The van der Waals surface area contributed by atoms with Crippen LogP contribution in [-0.2, 0) is 0 Å². The van der Waals surface area contributed by atoms with Crippen LogP contribution in [-0.4, -0.2) is 24.1 Å². The summed E-state index contributed by atoms with van der Waals surface area (Å²) in [5.41, 5.74) is 1.98. The largest absolute Gasteiger partial charge is 0.456 e. The second-order valence-electron chi connectivity index (χ2n) is 11.7. The molecule has 4 aromatic heterocycles. The van der Waals surface area contributed by atoms with E-state index < -0.39 is 109 Å². The number of furan rings is 1. The summed E-state index contributed by atoms with van der Waals surface area (Å²) in [7, 11) is 0. The predicted octanol–water partition coefficient (Wildman–Crippen LogP) is 11.3. The Morgan fingerprint density at radius 3 is 1.41 bits per heavy atom. The first-order chi connectivity index (χ1) is 31.9. The van der Waals surface area contributed by atoms with E-state index in [2.05, 4.69) is 0 Å². The molecule has 0 fully saturated rings. The summed E-state index contributed by atoms with van der Waals surface area (Å²) in [5.74, 6) is -1.08.